The van der Waals surface area contributed by atoms with Crippen LogP contribution in [0.15, 0.2) is 83.8 Å². The Kier molecular flexibility index (Phi) is 14.5. The number of nitrogen functional groups attached to an aromatic ring is 1. The molecule has 0 unspecified atom stereocenters. The zero-order chi connectivity index (χ0) is 40.0. The van der Waals surface area contributed by atoms with E-state index in [1.54, 1.807) is 60.7 Å². The van der Waals surface area contributed by atoms with Gasteiger partial charge < -0.3 is 45.7 Å². The lowest BCUT2D eigenvalue weighted by molar-refractivity contribution is -0.139. The van der Waals surface area contributed by atoms with Gasteiger partial charge in [0.2, 0.25) is 11.9 Å². The number of carboxylic acids is 1. The van der Waals surface area contributed by atoms with E-state index in [1.165, 1.54) is 18.3 Å². The number of aromatic amines is 1. The van der Waals surface area contributed by atoms with Gasteiger partial charge in [-0.15, -0.1) is 0 Å². The first-order chi connectivity index (χ1) is 27.0. The smallest absolute Gasteiger partial charge is 0.332 e. The standard InChI is InChI=1S/C37H40N9O9P/c1-3-53-56(54-4-2)55-21-22-9-13-25(14-10-22)42-34(49)27-7-5-6-8-28(27)43-30(47)18-17-29(36(51)52)44-33(48)23-11-15-24(16-12-23)39-19-26-20-40-32-31(41-26)35(50)46-37(38)45-32/h5-16,20,29,39H,3-4,17-19,21H2,1-2H3,(H,42,49)(H,43,47)(H,44,48)(H,51,52)(H3,38,40,45,46,50)/t29-/m0/s1. The van der Waals surface area contributed by atoms with Crippen LogP contribution in [0.2, 0.25) is 0 Å². The SMILES string of the molecule is CCOP(OCC)OCc1ccc(NC(=O)c2ccccc2NC(=O)CC[C@H](NC(=O)c2ccc(NCc3cnc4nc(N)[nH]c(=O)c4n3)cc2)C(=O)O)cc1. The van der Waals surface area contributed by atoms with E-state index in [2.05, 4.69) is 41.2 Å². The van der Waals surface area contributed by atoms with Crippen molar-refractivity contribution in [2.75, 3.05) is 34.9 Å². The number of nitrogens with one attached hydrogen (secondary N) is 5. The minimum atomic E-state index is -1.45. The lowest BCUT2D eigenvalue weighted by Gasteiger charge is -2.16. The number of nitrogens with zero attached hydrogens (tertiary/aromatic N) is 3. The highest BCUT2D eigenvalue weighted by molar-refractivity contribution is 7.41. The minimum absolute atomic E-state index is 0.0421. The average Bonchev–Trinajstić information content (AvgIpc) is 3.18. The van der Waals surface area contributed by atoms with Crippen LogP contribution in [0.5, 0.6) is 0 Å². The second-order valence-electron chi connectivity index (χ2n) is 11.9. The number of carbonyl (C=O) groups is 4. The molecule has 0 aliphatic rings. The van der Waals surface area contributed by atoms with Gasteiger partial charge in [0.15, 0.2) is 11.2 Å². The topological polar surface area (TPSA) is 262 Å². The van der Waals surface area contributed by atoms with Crippen molar-refractivity contribution in [1.29, 1.82) is 0 Å². The van der Waals surface area contributed by atoms with Crippen molar-refractivity contribution in [2.45, 2.75) is 45.9 Å². The number of fused-ring (bicyclic) bond motifs is 1. The quantitative estimate of drug-likeness (QED) is 0.0566. The monoisotopic (exact) mass is 785 g/mol. The highest BCUT2D eigenvalue weighted by Crippen LogP contribution is 2.40. The number of hydrogen-bond acceptors (Lipinski definition) is 13. The molecule has 3 amide bonds. The molecule has 0 aliphatic heterocycles. The maximum absolute atomic E-state index is 13.2. The molecule has 2 heterocycles. The van der Waals surface area contributed by atoms with Gasteiger partial charge in [0, 0.05) is 23.4 Å². The van der Waals surface area contributed by atoms with Crippen LogP contribution in [0.1, 0.15) is 58.7 Å². The summed E-state index contributed by atoms with van der Waals surface area (Å²) in [7, 11) is -1.45. The van der Waals surface area contributed by atoms with E-state index >= 15 is 0 Å². The van der Waals surface area contributed by atoms with Crippen molar-refractivity contribution < 1.29 is 37.9 Å². The Labute approximate surface area is 321 Å². The molecule has 5 aromatic rings. The fraction of sp³-hybridized carbons (Fsp3) is 0.243. The predicted molar refractivity (Wildman–Crippen MR) is 209 cm³/mol. The molecule has 19 heteroatoms. The number of carbonyl (C=O) groups excluding carboxylic acids is 3. The zero-order valence-corrected chi connectivity index (χ0v) is 31.3. The van der Waals surface area contributed by atoms with Gasteiger partial charge in [-0.2, -0.15) is 4.98 Å². The van der Waals surface area contributed by atoms with Crippen LogP contribution < -0.4 is 32.6 Å². The van der Waals surface area contributed by atoms with Gasteiger partial charge in [-0.05, 0) is 74.4 Å². The molecular weight excluding hydrogens is 745 g/mol. The van der Waals surface area contributed by atoms with E-state index in [0.29, 0.717) is 30.3 Å². The molecule has 0 bridgehead atoms. The van der Waals surface area contributed by atoms with Crippen LogP contribution in [0, 0.1) is 0 Å². The Morgan fingerprint density at radius 1 is 0.875 bits per heavy atom. The number of rotatable bonds is 19. The molecular formula is C37H40N9O9P. The Balaban J connectivity index is 1.10. The van der Waals surface area contributed by atoms with Crippen molar-refractivity contribution in [3.63, 3.8) is 0 Å². The van der Waals surface area contributed by atoms with E-state index in [-0.39, 0.29) is 59.9 Å². The fourth-order valence-electron chi connectivity index (χ4n) is 5.10. The second kappa shape index (κ2) is 19.8. The summed E-state index contributed by atoms with van der Waals surface area (Å²) in [6, 6.07) is 18.3. The van der Waals surface area contributed by atoms with Crippen LogP contribution in [-0.2, 0) is 36.3 Å². The van der Waals surface area contributed by atoms with Crippen LogP contribution in [0.25, 0.3) is 11.2 Å². The van der Waals surface area contributed by atoms with E-state index in [1.807, 2.05) is 13.8 Å². The van der Waals surface area contributed by atoms with Gasteiger partial charge in [0.05, 0.1) is 49.5 Å². The van der Waals surface area contributed by atoms with Crippen LogP contribution in [0.4, 0.5) is 23.0 Å². The molecule has 1 atom stereocenters. The largest absolute Gasteiger partial charge is 0.480 e. The van der Waals surface area contributed by atoms with Gasteiger partial charge in [-0.3, -0.25) is 24.2 Å². The molecule has 18 nitrogen and oxygen atoms in total. The summed E-state index contributed by atoms with van der Waals surface area (Å²) in [4.78, 5) is 77.9. The molecule has 0 fully saturated rings. The third kappa shape index (κ3) is 11.6. The summed E-state index contributed by atoms with van der Waals surface area (Å²) in [5.74, 6) is -3.06. The zero-order valence-electron chi connectivity index (χ0n) is 30.4. The highest BCUT2D eigenvalue weighted by Gasteiger charge is 2.23. The first-order valence-electron chi connectivity index (χ1n) is 17.4. The number of H-pyrrole nitrogens is 1. The van der Waals surface area contributed by atoms with Gasteiger partial charge >= 0.3 is 14.6 Å². The number of benzene rings is 3. The van der Waals surface area contributed by atoms with Crippen molar-refractivity contribution in [1.82, 2.24) is 25.3 Å². The molecule has 0 radical (unpaired) electrons. The number of carboxylic acid groups (broad SMARTS) is 1. The fourth-order valence-corrected chi connectivity index (χ4v) is 6.00. The van der Waals surface area contributed by atoms with Gasteiger partial charge in [0.25, 0.3) is 17.4 Å². The summed E-state index contributed by atoms with van der Waals surface area (Å²) < 4.78 is 16.6. The maximum atomic E-state index is 13.2. The second-order valence-corrected chi connectivity index (χ2v) is 13.1. The normalized spacial score (nSPS) is 11.6. The van der Waals surface area contributed by atoms with E-state index in [9.17, 15) is 29.1 Å². The van der Waals surface area contributed by atoms with E-state index in [0.717, 1.165) is 5.56 Å². The molecule has 0 saturated carbocycles. The molecule has 5 rings (SSSR count). The summed E-state index contributed by atoms with van der Waals surface area (Å²) in [5.41, 5.74) is 8.23. The third-order valence-corrected chi connectivity index (χ3v) is 9.11. The Morgan fingerprint density at radius 3 is 2.27 bits per heavy atom. The molecule has 0 spiro atoms. The number of aliphatic carboxylic acids is 1. The molecule has 8 N–H and O–H groups in total. The first-order valence-corrected chi connectivity index (χ1v) is 18.5. The molecule has 2 aromatic heterocycles. The molecule has 0 aliphatic carbocycles. The highest BCUT2D eigenvalue weighted by atomic mass is 31.2. The van der Waals surface area contributed by atoms with Gasteiger partial charge in [-0.25, -0.2) is 14.8 Å². The Bertz CT molecular complexity index is 2210. The number of amides is 3. The van der Waals surface area contributed by atoms with E-state index in [4.69, 9.17) is 19.3 Å². The van der Waals surface area contributed by atoms with Gasteiger partial charge in [-0.1, -0.05) is 24.3 Å². The van der Waals surface area contributed by atoms with E-state index < -0.39 is 43.9 Å². The first kappa shape index (κ1) is 40.8. The Hall–Kier alpha value is -6.33. The number of anilines is 4. The summed E-state index contributed by atoms with van der Waals surface area (Å²) in [6.45, 7) is 5.10. The van der Waals surface area contributed by atoms with Crippen molar-refractivity contribution in [2.24, 2.45) is 0 Å². The van der Waals surface area contributed by atoms with Gasteiger partial charge in [0.1, 0.15) is 6.04 Å². The summed E-state index contributed by atoms with van der Waals surface area (Å²) >= 11 is 0. The van der Waals surface area contributed by atoms with Crippen LogP contribution in [-0.4, -0.2) is 68.0 Å². The van der Waals surface area contributed by atoms with Crippen LogP contribution >= 0.6 is 8.60 Å². The maximum Gasteiger partial charge on any atom is 0.332 e. The summed E-state index contributed by atoms with van der Waals surface area (Å²) in [6.07, 6.45) is 0.974. The Morgan fingerprint density at radius 2 is 1.57 bits per heavy atom. The predicted octanol–water partition coefficient (Wildman–Crippen LogP) is 4.58. The molecule has 3 aromatic carbocycles. The molecule has 0 saturated heterocycles. The van der Waals surface area contributed by atoms with Crippen molar-refractivity contribution in [3.05, 3.63) is 112 Å². The minimum Gasteiger partial charge on any atom is -0.480 e. The molecule has 56 heavy (non-hydrogen) atoms. The van der Waals surface area contributed by atoms with Crippen LogP contribution in [0.3, 0.4) is 0 Å². The number of para-hydroxylation sites is 1. The van der Waals surface area contributed by atoms with Crippen molar-refractivity contribution in [3.8, 4) is 0 Å². The lowest BCUT2D eigenvalue weighted by atomic mass is 10.1. The van der Waals surface area contributed by atoms with Crippen molar-refractivity contribution >= 4 is 66.5 Å². The number of aromatic nitrogens is 4. The number of hydrogen-bond donors (Lipinski definition) is 7. The molecule has 292 valence electrons. The third-order valence-electron chi connectivity index (χ3n) is 7.83. The number of nitrogens with two attached hydrogens (primary N) is 1. The summed E-state index contributed by atoms with van der Waals surface area (Å²) in [5, 5.41) is 20.8. The lowest BCUT2D eigenvalue weighted by Crippen LogP contribution is -2.41. The average molecular weight is 786 g/mol.